The second-order valence-electron chi connectivity index (χ2n) is 16.4. The molecule has 0 fully saturated rings. The Bertz CT molecular complexity index is 802. The van der Waals surface area contributed by atoms with Gasteiger partial charge < -0.3 is 20.3 Å². The van der Waals surface area contributed by atoms with Crippen molar-refractivity contribution in [1.82, 2.24) is 5.32 Å². The van der Waals surface area contributed by atoms with E-state index in [9.17, 15) is 19.8 Å². The molecule has 0 saturated heterocycles. The van der Waals surface area contributed by atoms with Crippen molar-refractivity contribution in [2.45, 2.75) is 270 Å². The average Bonchev–Trinajstić information content (AvgIpc) is 3.17. The van der Waals surface area contributed by atoms with Crippen molar-refractivity contribution in [3.05, 3.63) is 12.2 Å². The van der Waals surface area contributed by atoms with Gasteiger partial charge in [0.15, 0.2) is 0 Å². The van der Waals surface area contributed by atoms with E-state index >= 15 is 0 Å². The second kappa shape index (κ2) is 44.3. The van der Waals surface area contributed by atoms with Gasteiger partial charge in [-0.25, -0.2) is 0 Å². The molecular formula is C48H93NO5. The fourth-order valence-electron chi connectivity index (χ4n) is 7.32. The summed E-state index contributed by atoms with van der Waals surface area (Å²) in [7, 11) is 0. The predicted molar refractivity (Wildman–Crippen MR) is 232 cm³/mol. The maximum Gasteiger partial charge on any atom is 0.305 e. The largest absolute Gasteiger partial charge is 0.466 e. The highest BCUT2D eigenvalue weighted by Gasteiger charge is 2.20. The number of carbonyl (C=O) groups excluding carboxylic acids is 2. The van der Waals surface area contributed by atoms with Crippen molar-refractivity contribution in [1.29, 1.82) is 0 Å². The number of nitrogens with one attached hydrogen (secondary N) is 1. The molecule has 320 valence electrons. The molecule has 0 saturated carbocycles. The van der Waals surface area contributed by atoms with Crippen molar-refractivity contribution in [2.24, 2.45) is 0 Å². The van der Waals surface area contributed by atoms with Crippen LogP contribution < -0.4 is 5.32 Å². The number of hydrogen-bond donors (Lipinski definition) is 3. The summed E-state index contributed by atoms with van der Waals surface area (Å²) < 4.78 is 5.42. The number of ether oxygens (including phenoxy) is 1. The topological polar surface area (TPSA) is 95.9 Å². The van der Waals surface area contributed by atoms with Gasteiger partial charge in [-0.15, -0.1) is 0 Å². The Kier molecular flexibility index (Phi) is 43.2. The zero-order valence-corrected chi connectivity index (χ0v) is 36.2. The summed E-state index contributed by atoms with van der Waals surface area (Å²) in [6.07, 6.45) is 48.8. The van der Waals surface area contributed by atoms with Gasteiger partial charge in [-0.2, -0.15) is 0 Å². The minimum atomic E-state index is -0.678. The molecule has 2 unspecified atom stereocenters. The number of carbonyl (C=O) groups is 2. The minimum absolute atomic E-state index is 0.0297. The molecule has 0 aliphatic carbocycles. The van der Waals surface area contributed by atoms with Gasteiger partial charge in [0.25, 0.3) is 0 Å². The van der Waals surface area contributed by atoms with Crippen LogP contribution in [0, 0.1) is 0 Å². The molecule has 0 aromatic carbocycles. The fourth-order valence-corrected chi connectivity index (χ4v) is 7.32. The van der Waals surface area contributed by atoms with Crippen LogP contribution >= 0.6 is 0 Å². The van der Waals surface area contributed by atoms with Crippen molar-refractivity contribution in [3.63, 3.8) is 0 Å². The van der Waals surface area contributed by atoms with Crippen LogP contribution in [0.4, 0.5) is 0 Å². The first-order chi connectivity index (χ1) is 26.5. The molecule has 1 amide bonds. The van der Waals surface area contributed by atoms with Crippen LogP contribution in [0.3, 0.4) is 0 Å². The summed E-state index contributed by atoms with van der Waals surface area (Å²) in [5, 5.41) is 23.2. The lowest BCUT2D eigenvalue weighted by atomic mass is 10.0. The van der Waals surface area contributed by atoms with E-state index in [1.54, 1.807) is 0 Å². The van der Waals surface area contributed by atoms with Crippen LogP contribution in [0.2, 0.25) is 0 Å². The van der Waals surface area contributed by atoms with E-state index in [0.29, 0.717) is 25.9 Å². The molecule has 3 N–H and O–H groups in total. The normalized spacial score (nSPS) is 12.7. The molecule has 0 rings (SSSR count). The highest BCUT2D eigenvalue weighted by atomic mass is 16.5. The highest BCUT2D eigenvalue weighted by molar-refractivity contribution is 5.76. The first kappa shape index (κ1) is 52.6. The maximum absolute atomic E-state index is 12.4. The Morgan fingerprint density at radius 1 is 0.500 bits per heavy atom. The highest BCUT2D eigenvalue weighted by Crippen LogP contribution is 2.16. The summed E-state index contributed by atoms with van der Waals surface area (Å²) in [5.41, 5.74) is 0. The number of aliphatic hydroxyl groups excluding tert-OH is 2. The fraction of sp³-hybridized carbons (Fsp3) is 0.917. The number of allylic oxidation sites excluding steroid dienone is 2. The summed E-state index contributed by atoms with van der Waals surface area (Å²) in [6.45, 7) is 4.86. The SMILES string of the molecule is CCCC/C=C\CCCCCCCC(=O)OCCCCCCCCCCCCC(=O)NC(CO)C(O)CCCCCCCCCCCCCCCCCC. The quantitative estimate of drug-likeness (QED) is 0.0326. The molecule has 0 aliphatic rings. The number of rotatable bonds is 44. The molecule has 6 heteroatoms. The van der Waals surface area contributed by atoms with E-state index in [-0.39, 0.29) is 18.5 Å². The van der Waals surface area contributed by atoms with Gasteiger partial charge >= 0.3 is 5.97 Å². The van der Waals surface area contributed by atoms with Gasteiger partial charge in [0.1, 0.15) is 0 Å². The number of esters is 1. The Morgan fingerprint density at radius 3 is 1.37 bits per heavy atom. The predicted octanol–water partition coefficient (Wildman–Crippen LogP) is 13.8. The first-order valence-corrected chi connectivity index (χ1v) is 23.9. The Labute approximate surface area is 336 Å². The van der Waals surface area contributed by atoms with Gasteiger partial charge in [0.05, 0.1) is 25.4 Å². The van der Waals surface area contributed by atoms with E-state index in [1.165, 1.54) is 167 Å². The number of amides is 1. The van der Waals surface area contributed by atoms with Crippen LogP contribution in [-0.4, -0.2) is 47.4 Å². The standard InChI is InChI=1S/C48H93NO5/c1-3-5-7-9-11-13-15-16-17-18-19-21-24-28-32-36-40-46(51)45(44-50)49-47(52)41-37-33-29-25-22-23-27-31-35-39-43-54-48(53)42-38-34-30-26-20-14-12-10-8-6-4-2/h10,12,45-46,50-51H,3-9,11,13-44H2,1-2H3,(H,49,52)/b12-10-. The van der Waals surface area contributed by atoms with E-state index < -0.39 is 12.1 Å². The molecule has 0 heterocycles. The number of hydrogen-bond acceptors (Lipinski definition) is 5. The van der Waals surface area contributed by atoms with Crippen molar-refractivity contribution in [3.8, 4) is 0 Å². The molecule has 0 bridgehead atoms. The number of unbranched alkanes of at least 4 members (excludes halogenated alkanes) is 31. The van der Waals surface area contributed by atoms with E-state index in [2.05, 4.69) is 31.3 Å². The van der Waals surface area contributed by atoms with Gasteiger partial charge in [-0.3, -0.25) is 9.59 Å². The Balaban J connectivity index is 3.50. The maximum atomic E-state index is 12.4. The van der Waals surface area contributed by atoms with Gasteiger partial charge in [-0.05, 0) is 44.9 Å². The molecule has 0 radical (unpaired) electrons. The summed E-state index contributed by atoms with van der Waals surface area (Å²) in [5.74, 6) is -0.0873. The molecule has 0 aliphatic heterocycles. The van der Waals surface area contributed by atoms with E-state index in [1.807, 2.05) is 0 Å². The monoisotopic (exact) mass is 764 g/mol. The second-order valence-corrected chi connectivity index (χ2v) is 16.4. The Morgan fingerprint density at radius 2 is 0.889 bits per heavy atom. The van der Waals surface area contributed by atoms with Gasteiger partial charge in [0, 0.05) is 12.8 Å². The molecule has 54 heavy (non-hydrogen) atoms. The van der Waals surface area contributed by atoms with Crippen LogP contribution in [-0.2, 0) is 14.3 Å². The molecular weight excluding hydrogens is 671 g/mol. The third-order valence-electron chi connectivity index (χ3n) is 11.1. The van der Waals surface area contributed by atoms with Crippen molar-refractivity contribution in [2.75, 3.05) is 13.2 Å². The van der Waals surface area contributed by atoms with Crippen LogP contribution in [0.15, 0.2) is 12.2 Å². The van der Waals surface area contributed by atoms with Crippen molar-refractivity contribution >= 4 is 11.9 Å². The van der Waals surface area contributed by atoms with Crippen molar-refractivity contribution < 1.29 is 24.5 Å². The molecule has 2 atom stereocenters. The lowest BCUT2D eigenvalue weighted by Crippen LogP contribution is -2.45. The third kappa shape index (κ3) is 40.3. The number of aliphatic hydroxyl groups is 2. The zero-order valence-electron chi connectivity index (χ0n) is 36.2. The molecule has 0 spiro atoms. The summed E-state index contributed by atoms with van der Waals surface area (Å²) >= 11 is 0. The lowest BCUT2D eigenvalue weighted by molar-refractivity contribution is -0.143. The van der Waals surface area contributed by atoms with Crippen LogP contribution in [0.5, 0.6) is 0 Å². The molecule has 0 aromatic rings. The van der Waals surface area contributed by atoms with Crippen LogP contribution in [0.25, 0.3) is 0 Å². The summed E-state index contributed by atoms with van der Waals surface area (Å²) in [6, 6.07) is -0.557. The van der Waals surface area contributed by atoms with Crippen LogP contribution in [0.1, 0.15) is 258 Å². The van der Waals surface area contributed by atoms with E-state index in [4.69, 9.17) is 4.74 Å². The average molecular weight is 764 g/mol. The molecule has 0 aromatic heterocycles. The Hall–Kier alpha value is -1.40. The summed E-state index contributed by atoms with van der Waals surface area (Å²) in [4.78, 5) is 24.4. The minimum Gasteiger partial charge on any atom is -0.466 e. The molecule has 6 nitrogen and oxygen atoms in total. The smallest absolute Gasteiger partial charge is 0.305 e. The lowest BCUT2D eigenvalue weighted by Gasteiger charge is -2.22. The van der Waals surface area contributed by atoms with Gasteiger partial charge in [0.2, 0.25) is 5.91 Å². The third-order valence-corrected chi connectivity index (χ3v) is 11.1. The first-order valence-electron chi connectivity index (χ1n) is 23.9. The van der Waals surface area contributed by atoms with Gasteiger partial charge in [-0.1, -0.05) is 212 Å². The van der Waals surface area contributed by atoms with E-state index in [0.717, 1.165) is 57.8 Å². The zero-order chi connectivity index (χ0) is 39.4.